The van der Waals surface area contributed by atoms with Gasteiger partial charge in [0.2, 0.25) is 0 Å². The first-order chi connectivity index (χ1) is 8.24. The van der Waals surface area contributed by atoms with E-state index in [1.54, 1.807) is 0 Å². The third-order valence-electron chi connectivity index (χ3n) is 3.98. The third-order valence-corrected chi connectivity index (χ3v) is 3.98. The highest BCUT2D eigenvalue weighted by Crippen LogP contribution is 2.34. The first kappa shape index (κ1) is 11.0. The lowest BCUT2D eigenvalue weighted by molar-refractivity contribution is 0.615. The van der Waals surface area contributed by atoms with Crippen molar-refractivity contribution in [2.45, 2.75) is 50.0 Å². The zero-order valence-electron chi connectivity index (χ0n) is 10.3. The summed E-state index contributed by atoms with van der Waals surface area (Å²) in [4.78, 5) is 4.75. The van der Waals surface area contributed by atoms with Crippen molar-refractivity contribution >= 4 is 0 Å². The third kappa shape index (κ3) is 2.02. The number of nitrogens with two attached hydrogens (primary N) is 1. The molecule has 1 saturated carbocycles. The summed E-state index contributed by atoms with van der Waals surface area (Å²) in [5.41, 5.74) is 5.90. The van der Waals surface area contributed by atoms with Crippen molar-refractivity contribution in [2.75, 3.05) is 0 Å². The van der Waals surface area contributed by atoms with Crippen LogP contribution in [0.15, 0.2) is 12.2 Å². The predicted molar refractivity (Wildman–Crippen MR) is 66.7 cm³/mol. The van der Waals surface area contributed by atoms with Crippen molar-refractivity contribution in [3.8, 4) is 0 Å². The summed E-state index contributed by atoms with van der Waals surface area (Å²) in [5, 5.41) is 4.59. The zero-order chi connectivity index (χ0) is 11.8. The monoisotopic (exact) mass is 232 g/mol. The summed E-state index contributed by atoms with van der Waals surface area (Å²) in [6.07, 6.45) is 10.4. The molecule has 0 aromatic carbocycles. The van der Waals surface area contributed by atoms with Gasteiger partial charge in [-0.05, 0) is 19.3 Å². The molecule has 1 fully saturated rings. The first-order valence-electron chi connectivity index (χ1n) is 6.59. The number of rotatable bonds is 2. The number of allylic oxidation sites excluding steroid dienone is 1. The van der Waals surface area contributed by atoms with Crippen LogP contribution in [0.3, 0.4) is 0 Å². The second-order valence-corrected chi connectivity index (χ2v) is 5.32. The van der Waals surface area contributed by atoms with Crippen LogP contribution in [0.1, 0.15) is 55.6 Å². The van der Waals surface area contributed by atoms with Crippen LogP contribution in [0.5, 0.6) is 0 Å². The van der Waals surface area contributed by atoms with Crippen molar-refractivity contribution in [2.24, 2.45) is 12.8 Å². The Bertz CT molecular complexity index is 429. The topological polar surface area (TPSA) is 56.7 Å². The van der Waals surface area contributed by atoms with Crippen molar-refractivity contribution < 1.29 is 0 Å². The second-order valence-electron chi connectivity index (χ2n) is 5.32. The Morgan fingerprint density at radius 3 is 2.71 bits per heavy atom. The molecule has 2 aliphatic carbocycles. The molecule has 2 aliphatic rings. The molecule has 0 radical (unpaired) electrons. The van der Waals surface area contributed by atoms with Gasteiger partial charge in [-0.15, -0.1) is 0 Å². The lowest BCUT2D eigenvalue weighted by Crippen LogP contribution is -2.15. The molecule has 1 aromatic heterocycles. The molecule has 92 valence electrons. The van der Waals surface area contributed by atoms with Crippen molar-refractivity contribution in [1.29, 1.82) is 0 Å². The van der Waals surface area contributed by atoms with E-state index in [2.05, 4.69) is 17.3 Å². The van der Waals surface area contributed by atoms with E-state index in [0.29, 0.717) is 11.8 Å². The number of hydrogen-bond donors (Lipinski definition) is 1. The number of nitrogens with zero attached hydrogens (tertiary/aromatic N) is 3. The van der Waals surface area contributed by atoms with Gasteiger partial charge in [0, 0.05) is 24.9 Å². The zero-order valence-corrected chi connectivity index (χ0v) is 10.3. The number of hydrogen-bond acceptors (Lipinski definition) is 3. The first-order valence-corrected chi connectivity index (χ1v) is 6.59. The Balaban J connectivity index is 1.83. The highest BCUT2D eigenvalue weighted by Gasteiger charge is 2.26. The summed E-state index contributed by atoms with van der Waals surface area (Å²) in [6, 6.07) is 0.187. The largest absolute Gasteiger partial charge is 0.324 e. The van der Waals surface area contributed by atoms with Gasteiger partial charge in [0.15, 0.2) is 5.82 Å². The standard InChI is InChI=1S/C13H20N4/c1-17-13(10-6-7-11(14)8-10)15-12(16-17)9-4-2-3-5-9/h6-7,9-11H,2-5,8,14H2,1H3. The fourth-order valence-electron chi connectivity index (χ4n) is 3.02. The molecule has 1 heterocycles. The molecule has 0 saturated heterocycles. The van der Waals surface area contributed by atoms with Crippen LogP contribution in [0.2, 0.25) is 0 Å². The Kier molecular flexibility index (Phi) is 2.74. The van der Waals surface area contributed by atoms with Gasteiger partial charge in [-0.25, -0.2) is 4.98 Å². The Hall–Kier alpha value is -1.16. The maximum atomic E-state index is 5.90. The average molecular weight is 232 g/mol. The average Bonchev–Trinajstić information content (AvgIpc) is 2.97. The van der Waals surface area contributed by atoms with Crippen molar-refractivity contribution in [1.82, 2.24) is 14.8 Å². The molecule has 2 atom stereocenters. The molecule has 2 N–H and O–H groups in total. The van der Waals surface area contributed by atoms with E-state index >= 15 is 0 Å². The second kappa shape index (κ2) is 4.26. The smallest absolute Gasteiger partial charge is 0.154 e. The van der Waals surface area contributed by atoms with Gasteiger partial charge >= 0.3 is 0 Å². The minimum Gasteiger partial charge on any atom is -0.324 e. The summed E-state index contributed by atoms with van der Waals surface area (Å²) < 4.78 is 1.95. The number of aromatic nitrogens is 3. The van der Waals surface area contributed by atoms with Gasteiger partial charge in [-0.1, -0.05) is 25.0 Å². The van der Waals surface area contributed by atoms with E-state index < -0.39 is 0 Å². The van der Waals surface area contributed by atoms with Crippen molar-refractivity contribution in [3.63, 3.8) is 0 Å². The van der Waals surface area contributed by atoms with Gasteiger partial charge in [0.05, 0.1) is 0 Å². The molecule has 3 rings (SSSR count). The van der Waals surface area contributed by atoms with Gasteiger partial charge in [-0.3, -0.25) is 4.68 Å². The molecule has 4 heteroatoms. The molecule has 1 aromatic rings. The molecule has 17 heavy (non-hydrogen) atoms. The van der Waals surface area contributed by atoms with Crippen LogP contribution in [0.4, 0.5) is 0 Å². The minimum absolute atomic E-state index is 0.187. The maximum Gasteiger partial charge on any atom is 0.154 e. The Labute approximate surface area is 102 Å². The SMILES string of the molecule is Cn1nc(C2CCCC2)nc1C1C=CC(N)C1. The predicted octanol–water partition coefficient (Wildman–Crippen LogP) is 1.84. The number of aryl methyl sites for hydroxylation is 1. The van der Waals surface area contributed by atoms with Crippen LogP contribution < -0.4 is 5.73 Å². The Morgan fingerprint density at radius 2 is 2.06 bits per heavy atom. The molecule has 4 nitrogen and oxygen atoms in total. The van der Waals surface area contributed by atoms with Crippen LogP contribution in [-0.2, 0) is 7.05 Å². The van der Waals surface area contributed by atoms with Gasteiger partial charge < -0.3 is 5.73 Å². The Morgan fingerprint density at radius 1 is 1.29 bits per heavy atom. The van der Waals surface area contributed by atoms with Gasteiger partial charge in [0.1, 0.15) is 5.82 Å². The summed E-state index contributed by atoms with van der Waals surface area (Å²) >= 11 is 0. The van der Waals surface area contributed by atoms with Crippen LogP contribution in [-0.4, -0.2) is 20.8 Å². The van der Waals surface area contributed by atoms with E-state index in [1.807, 2.05) is 11.7 Å². The highest BCUT2D eigenvalue weighted by molar-refractivity contribution is 5.18. The normalized spacial score (nSPS) is 29.3. The van der Waals surface area contributed by atoms with E-state index in [1.165, 1.54) is 25.7 Å². The summed E-state index contributed by atoms with van der Waals surface area (Å²) in [6.45, 7) is 0. The highest BCUT2D eigenvalue weighted by atomic mass is 15.3. The minimum atomic E-state index is 0.187. The molecule has 0 aliphatic heterocycles. The molecule has 0 spiro atoms. The fraction of sp³-hybridized carbons (Fsp3) is 0.692. The summed E-state index contributed by atoms with van der Waals surface area (Å²) in [7, 11) is 2.00. The van der Waals surface area contributed by atoms with E-state index in [0.717, 1.165) is 18.1 Å². The van der Waals surface area contributed by atoms with E-state index in [4.69, 9.17) is 10.7 Å². The van der Waals surface area contributed by atoms with E-state index in [-0.39, 0.29) is 6.04 Å². The molecule has 0 amide bonds. The lowest BCUT2D eigenvalue weighted by Gasteiger charge is -2.07. The molecule has 2 unspecified atom stereocenters. The molecular weight excluding hydrogens is 212 g/mol. The van der Waals surface area contributed by atoms with Crippen molar-refractivity contribution in [3.05, 3.63) is 23.8 Å². The maximum absolute atomic E-state index is 5.90. The van der Waals surface area contributed by atoms with Gasteiger partial charge in [0.25, 0.3) is 0 Å². The fourth-order valence-corrected chi connectivity index (χ4v) is 3.02. The molecule has 0 bridgehead atoms. The van der Waals surface area contributed by atoms with Crippen LogP contribution in [0.25, 0.3) is 0 Å². The van der Waals surface area contributed by atoms with Crippen LogP contribution >= 0.6 is 0 Å². The van der Waals surface area contributed by atoms with Gasteiger partial charge in [-0.2, -0.15) is 5.10 Å². The van der Waals surface area contributed by atoms with E-state index in [9.17, 15) is 0 Å². The summed E-state index contributed by atoms with van der Waals surface area (Å²) in [5.74, 6) is 3.08. The lowest BCUT2D eigenvalue weighted by atomic mass is 10.1. The quantitative estimate of drug-likeness (QED) is 0.792. The molecular formula is C13H20N4. The van der Waals surface area contributed by atoms with Crippen LogP contribution in [0, 0.1) is 0 Å².